The van der Waals surface area contributed by atoms with Gasteiger partial charge in [0.1, 0.15) is 0 Å². The fourth-order valence-corrected chi connectivity index (χ4v) is 1.95. The molecule has 1 nitrogen and oxygen atoms in total. The smallest absolute Gasteiger partial charge is 0.0740 e. The van der Waals surface area contributed by atoms with Crippen LogP contribution < -0.4 is 0 Å². The summed E-state index contributed by atoms with van der Waals surface area (Å²) in [4.78, 5) is 2.22. The molecule has 0 fully saturated rings. The molecule has 0 saturated heterocycles. The summed E-state index contributed by atoms with van der Waals surface area (Å²) in [5.74, 6) is 0. The molecule has 14 heavy (non-hydrogen) atoms. The lowest BCUT2D eigenvalue weighted by Crippen LogP contribution is -1.85. The van der Waals surface area contributed by atoms with E-state index in [1.54, 1.807) is 11.8 Å². The summed E-state index contributed by atoms with van der Waals surface area (Å²) in [6.45, 7) is 2.28. The number of unbranched alkanes of at least 4 members (excludes halogenated alkanes) is 1. The van der Waals surface area contributed by atoms with Crippen LogP contribution in [0.15, 0.2) is 46.2 Å². The Labute approximate surface area is 89.8 Å². The normalized spacial score (nSPS) is 11.7. The molecule has 0 spiro atoms. The average Bonchev–Trinajstić information content (AvgIpc) is 2.25. The number of rotatable bonds is 5. The summed E-state index contributed by atoms with van der Waals surface area (Å²) >= 11 is 1.64. The van der Waals surface area contributed by atoms with Crippen molar-refractivity contribution in [2.45, 2.75) is 24.7 Å². The Bertz CT molecular complexity index is 280. The van der Waals surface area contributed by atoms with Crippen molar-refractivity contribution in [3.8, 4) is 0 Å². The molecule has 76 valence electrons. The van der Waals surface area contributed by atoms with Crippen LogP contribution in [0.4, 0.5) is 0 Å². The zero-order chi connectivity index (χ0) is 10.2. The number of aliphatic hydroxyl groups is 1. The van der Waals surface area contributed by atoms with Crippen LogP contribution in [0.1, 0.15) is 19.8 Å². The van der Waals surface area contributed by atoms with Gasteiger partial charge in [-0.2, -0.15) is 0 Å². The minimum atomic E-state index is 0.138. The monoisotopic (exact) mass is 208 g/mol. The number of benzene rings is 1. The second-order valence-electron chi connectivity index (χ2n) is 3.03. The third-order valence-electron chi connectivity index (χ3n) is 1.81. The molecule has 0 unspecified atom stereocenters. The van der Waals surface area contributed by atoms with E-state index >= 15 is 0 Å². The Hall–Kier alpha value is -0.730. The van der Waals surface area contributed by atoms with Gasteiger partial charge in [-0.15, -0.1) is 0 Å². The highest BCUT2D eigenvalue weighted by atomic mass is 32.2. The van der Waals surface area contributed by atoms with Crippen LogP contribution in [0.25, 0.3) is 0 Å². The summed E-state index contributed by atoms with van der Waals surface area (Å²) < 4.78 is 0. The highest BCUT2D eigenvalue weighted by Gasteiger charge is 1.97. The fourth-order valence-electron chi connectivity index (χ4n) is 1.08. The van der Waals surface area contributed by atoms with Crippen molar-refractivity contribution in [2.75, 3.05) is 6.61 Å². The number of hydrogen-bond acceptors (Lipinski definition) is 2. The highest BCUT2D eigenvalue weighted by Crippen LogP contribution is 2.26. The Kier molecular flexibility index (Phi) is 5.42. The first kappa shape index (κ1) is 11.3. The third-order valence-corrected chi connectivity index (χ3v) is 2.87. The van der Waals surface area contributed by atoms with Crippen molar-refractivity contribution in [1.82, 2.24) is 0 Å². The predicted molar refractivity (Wildman–Crippen MR) is 62.4 cm³/mol. The molecule has 0 heterocycles. The Morgan fingerprint density at radius 2 is 2.07 bits per heavy atom. The van der Waals surface area contributed by atoms with E-state index in [9.17, 15) is 0 Å². The van der Waals surface area contributed by atoms with Crippen molar-refractivity contribution in [3.05, 3.63) is 41.3 Å². The fraction of sp³-hybridized carbons (Fsp3) is 0.333. The standard InChI is InChI=1S/C12H16OS/c1-2-3-7-12(10-13)14-11-8-5-4-6-9-11/h4-9,13H,2-3,10H2,1H3/b12-7+. The quantitative estimate of drug-likeness (QED) is 0.748. The first-order valence-corrected chi connectivity index (χ1v) is 5.71. The molecule has 0 aliphatic heterocycles. The maximum Gasteiger partial charge on any atom is 0.0740 e. The van der Waals surface area contributed by atoms with E-state index in [0.29, 0.717) is 0 Å². The van der Waals surface area contributed by atoms with Crippen LogP contribution in [-0.4, -0.2) is 11.7 Å². The van der Waals surface area contributed by atoms with Crippen LogP contribution in [0.2, 0.25) is 0 Å². The van der Waals surface area contributed by atoms with E-state index in [4.69, 9.17) is 5.11 Å². The Balaban J connectivity index is 2.57. The molecule has 0 atom stereocenters. The van der Waals surface area contributed by atoms with Gasteiger partial charge in [0, 0.05) is 9.80 Å². The average molecular weight is 208 g/mol. The van der Waals surface area contributed by atoms with Gasteiger partial charge in [0.05, 0.1) is 6.61 Å². The second kappa shape index (κ2) is 6.68. The highest BCUT2D eigenvalue weighted by molar-refractivity contribution is 8.03. The van der Waals surface area contributed by atoms with Gasteiger partial charge in [0.2, 0.25) is 0 Å². The number of hydrogen-bond donors (Lipinski definition) is 1. The first-order chi connectivity index (χ1) is 6.86. The van der Waals surface area contributed by atoms with Crippen LogP contribution in [0.5, 0.6) is 0 Å². The van der Waals surface area contributed by atoms with Gasteiger partial charge >= 0.3 is 0 Å². The van der Waals surface area contributed by atoms with E-state index in [1.807, 2.05) is 18.2 Å². The minimum Gasteiger partial charge on any atom is -0.391 e. The molecular formula is C12H16OS. The van der Waals surface area contributed by atoms with Crippen molar-refractivity contribution < 1.29 is 5.11 Å². The lowest BCUT2D eigenvalue weighted by Gasteiger charge is -2.03. The molecular weight excluding hydrogens is 192 g/mol. The zero-order valence-corrected chi connectivity index (χ0v) is 9.26. The minimum absolute atomic E-state index is 0.138. The molecule has 0 saturated carbocycles. The van der Waals surface area contributed by atoms with Crippen molar-refractivity contribution >= 4 is 11.8 Å². The summed E-state index contributed by atoms with van der Waals surface area (Å²) in [5.41, 5.74) is 0. The maximum absolute atomic E-state index is 9.12. The van der Waals surface area contributed by atoms with Crippen LogP contribution in [0.3, 0.4) is 0 Å². The number of thioether (sulfide) groups is 1. The van der Waals surface area contributed by atoms with Gasteiger partial charge < -0.3 is 5.11 Å². The van der Waals surface area contributed by atoms with Gasteiger partial charge in [0.15, 0.2) is 0 Å². The van der Waals surface area contributed by atoms with Crippen LogP contribution >= 0.6 is 11.8 Å². The molecule has 0 aromatic heterocycles. The van der Waals surface area contributed by atoms with Crippen LogP contribution in [0, 0.1) is 0 Å². The Morgan fingerprint density at radius 1 is 1.36 bits per heavy atom. The molecule has 1 aromatic rings. The topological polar surface area (TPSA) is 20.2 Å². The lowest BCUT2D eigenvalue weighted by molar-refractivity contribution is 0.339. The molecule has 1 N–H and O–H groups in total. The summed E-state index contributed by atoms with van der Waals surface area (Å²) in [5, 5.41) is 9.12. The molecule has 1 aromatic carbocycles. The van der Waals surface area contributed by atoms with Crippen molar-refractivity contribution in [3.63, 3.8) is 0 Å². The van der Waals surface area contributed by atoms with Gasteiger partial charge in [-0.1, -0.05) is 49.4 Å². The van der Waals surface area contributed by atoms with Gasteiger partial charge in [-0.3, -0.25) is 0 Å². The molecule has 0 radical (unpaired) electrons. The zero-order valence-electron chi connectivity index (χ0n) is 8.44. The molecule has 2 heteroatoms. The molecule has 0 amide bonds. The number of allylic oxidation sites excluding steroid dienone is 1. The SMILES string of the molecule is CCC/C=C(\CO)Sc1ccccc1. The summed E-state index contributed by atoms with van der Waals surface area (Å²) in [6, 6.07) is 10.1. The third kappa shape index (κ3) is 3.99. The summed E-state index contributed by atoms with van der Waals surface area (Å²) in [7, 11) is 0. The molecule has 0 bridgehead atoms. The van der Waals surface area contributed by atoms with E-state index in [-0.39, 0.29) is 6.61 Å². The summed E-state index contributed by atoms with van der Waals surface area (Å²) in [6.07, 6.45) is 4.27. The Morgan fingerprint density at radius 3 is 2.64 bits per heavy atom. The van der Waals surface area contributed by atoms with Crippen LogP contribution in [-0.2, 0) is 0 Å². The first-order valence-electron chi connectivity index (χ1n) is 4.89. The second-order valence-corrected chi connectivity index (χ2v) is 4.23. The van der Waals surface area contributed by atoms with E-state index in [2.05, 4.69) is 25.1 Å². The van der Waals surface area contributed by atoms with Gasteiger partial charge in [0.25, 0.3) is 0 Å². The maximum atomic E-state index is 9.12. The number of aliphatic hydroxyl groups excluding tert-OH is 1. The van der Waals surface area contributed by atoms with E-state index in [1.165, 1.54) is 4.90 Å². The van der Waals surface area contributed by atoms with Crippen molar-refractivity contribution in [2.24, 2.45) is 0 Å². The van der Waals surface area contributed by atoms with Gasteiger partial charge in [-0.05, 0) is 18.6 Å². The van der Waals surface area contributed by atoms with E-state index < -0.39 is 0 Å². The van der Waals surface area contributed by atoms with Crippen molar-refractivity contribution in [1.29, 1.82) is 0 Å². The van der Waals surface area contributed by atoms with E-state index in [0.717, 1.165) is 17.7 Å². The lowest BCUT2D eigenvalue weighted by atomic mass is 10.3. The molecule has 0 aliphatic carbocycles. The molecule has 0 aliphatic rings. The largest absolute Gasteiger partial charge is 0.391 e. The van der Waals surface area contributed by atoms with Gasteiger partial charge in [-0.25, -0.2) is 0 Å². The molecule has 1 rings (SSSR count). The predicted octanol–water partition coefficient (Wildman–Crippen LogP) is 3.46.